The standard InChI is InChI=1S/C29H34BN/c1-22-12-10-11-15-27(22)31(26-13-8-7-9-14-26)23(2)24-16-18-25(19-17-24)30-20-28(3,4)29(5,6)21-30/h7-19H,2,20-21H2,1,3-6H3. The minimum atomic E-state index is 0.370. The molecule has 0 amide bonds. The molecule has 1 nitrogen and oxygen atoms in total. The third kappa shape index (κ3) is 4.09. The number of rotatable bonds is 5. The van der Waals surface area contributed by atoms with E-state index in [2.05, 4.69) is 125 Å². The molecule has 4 rings (SSSR count). The van der Waals surface area contributed by atoms with Gasteiger partial charge >= 0.3 is 0 Å². The smallest absolute Gasteiger partial charge is 0.176 e. The molecule has 1 aliphatic rings. The van der Waals surface area contributed by atoms with Crippen molar-refractivity contribution in [3.63, 3.8) is 0 Å². The number of para-hydroxylation sites is 2. The topological polar surface area (TPSA) is 3.24 Å². The monoisotopic (exact) mass is 407 g/mol. The van der Waals surface area contributed by atoms with Crippen molar-refractivity contribution in [3.8, 4) is 0 Å². The minimum absolute atomic E-state index is 0.370. The Morgan fingerprint density at radius 3 is 1.90 bits per heavy atom. The SMILES string of the molecule is C=C(c1ccc(B2CC(C)(C)C(C)(C)C2)cc1)N(c1ccccc1)c1ccccc1C. The lowest BCUT2D eigenvalue weighted by atomic mass is 9.42. The third-order valence-corrected chi connectivity index (χ3v) is 7.70. The highest BCUT2D eigenvalue weighted by Gasteiger charge is 2.47. The maximum Gasteiger partial charge on any atom is 0.176 e. The van der Waals surface area contributed by atoms with E-state index in [1.165, 1.54) is 29.4 Å². The first kappa shape index (κ1) is 21.5. The van der Waals surface area contributed by atoms with Crippen LogP contribution in [-0.4, -0.2) is 6.71 Å². The predicted octanol–water partition coefficient (Wildman–Crippen LogP) is 7.57. The lowest BCUT2D eigenvalue weighted by Crippen LogP contribution is -2.28. The summed E-state index contributed by atoms with van der Waals surface area (Å²) in [5.41, 5.74) is 7.89. The summed E-state index contributed by atoms with van der Waals surface area (Å²) in [4.78, 5) is 2.27. The number of hydrogen-bond donors (Lipinski definition) is 0. The molecule has 0 spiro atoms. The Morgan fingerprint density at radius 1 is 0.774 bits per heavy atom. The average Bonchev–Trinajstić information content (AvgIpc) is 2.97. The Balaban J connectivity index is 1.65. The maximum atomic E-state index is 4.52. The molecular weight excluding hydrogens is 373 g/mol. The molecule has 0 aliphatic carbocycles. The highest BCUT2D eigenvalue weighted by atomic mass is 15.1. The first-order valence-electron chi connectivity index (χ1n) is 11.4. The van der Waals surface area contributed by atoms with Gasteiger partial charge in [0.15, 0.2) is 6.71 Å². The molecule has 158 valence electrons. The van der Waals surface area contributed by atoms with Crippen LogP contribution < -0.4 is 10.4 Å². The quantitative estimate of drug-likeness (QED) is 0.394. The second kappa shape index (κ2) is 8.07. The summed E-state index contributed by atoms with van der Waals surface area (Å²) < 4.78 is 0. The molecule has 1 heterocycles. The van der Waals surface area contributed by atoms with Crippen molar-refractivity contribution in [2.75, 3.05) is 4.90 Å². The molecule has 2 heteroatoms. The molecule has 0 unspecified atom stereocenters. The summed E-state index contributed by atoms with van der Waals surface area (Å²) in [6, 6.07) is 28.2. The highest BCUT2D eigenvalue weighted by Crippen LogP contribution is 2.52. The third-order valence-electron chi connectivity index (χ3n) is 7.70. The maximum absolute atomic E-state index is 4.52. The van der Waals surface area contributed by atoms with Crippen LogP contribution in [0.4, 0.5) is 11.4 Å². The summed E-state index contributed by atoms with van der Waals surface area (Å²) in [6.07, 6.45) is 2.50. The summed E-state index contributed by atoms with van der Waals surface area (Å²) >= 11 is 0. The molecule has 31 heavy (non-hydrogen) atoms. The van der Waals surface area contributed by atoms with Crippen LogP contribution in [0.3, 0.4) is 0 Å². The molecule has 1 saturated heterocycles. The summed E-state index contributed by atoms with van der Waals surface area (Å²) in [6.45, 7) is 17.0. The van der Waals surface area contributed by atoms with Gasteiger partial charge in [0.25, 0.3) is 0 Å². The molecular formula is C29H34BN. The molecule has 0 aromatic heterocycles. The van der Waals surface area contributed by atoms with Crippen LogP contribution in [0.25, 0.3) is 5.70 Å². The molecule has 3 aromatic carbocycles. The van der Waals surface area contributed by atoms with E-state index in [0.29, 0.717) is 17.5 Å². The number of hydrogen-bond acceptors (Lipinski definition) is 1. The van der Waals surface area contributed by atoms with E-state index in [-0.39, 0.29) is 0 Å². The Morgan fingerprint density at radius 2 is 1.32 bits per heavy atom. The molecule has 1 fully saturated rings. The van der Waals surface area contributed by atoms with Crippen LogP contribution in [-0.2, 0) is 0 Å². The molecule has 0 bridgehead atoms. The van der Waals surface area contributed by atoms with Gasteiger partial charge in [-0.05, 0) is 47.1 Å². The van der Waals surface area contributed by atoms with Crippen molar-refractivity contribution in [2.24, 2.45) is 10.8 Å². The second-order valence-electron chi connectivity index (χ2n) is 10.4. The zero-order valence-corrected chi connectivity index (χ0v) is 19.7. The van der Waals surface area contributed by atoms with Gasteiger partial charge in [-0.15, -0.1) is 0 Å². The number of anilines is 2. The Labute approximate surface area is 188 Å². The summed E-state index contributed by atoms with van der Waals surface area (Å²) in [5, 5.41) is 0. The molecule has 0 atom stereocenters. The molecule has 0 N–H and O–H groups in total. The van der Waals surface area contributed by atoms with E-state index in [1.54, 1.807) is 0 Å². The summed E-state index contributed by atoms with van der Waals surface area (Å²) in [7, 11) is 0. The second-order valence-corrected chi connectivity index (χ2v) is 10.4. The van der Waals surface area contributed by atoms with E-state index in [4.69, 9.17) is 0 Å². The van der Waals surface area contributed by atoms with Crippen molar-refractivity contribution < 1.29 is 0 Å². The molecule has 0 saturated carbocycles. The van der Waals surface area contributed by atoms with Gasteiger partial charge < -0.3 is 4.90 Å². The van der Waals surface area contributed by atoms with Crippen molar-refractivity contribution in [2.45, 2.75) is 47.3 Å². The Hall–Kier alpha value is -2.74. The van der Waals surface area contributed by atoms with Gasteiger partial charge in [-0.1, -0.05) is 113 Å². The number of benzene rings is 3. The van der Waals surface area contributed by atoms with E-state index in [0.717, 1.165) is 16.9 Å². The van der Waals surface area contributed by atoms with Crippen LogP contribution in [0.5, 0.6) is 0 Å². The zero-order chi connectivity index (χ0) is 22.2. The van der Waals surface area contributed by atoms with Crippen molar-refractivity contribution in [1.82, 2.24) is 0 Å². The van der Waals surface area contributed by atoms with Crippen molar-refractivity contribution >= 4 is 29.2 Å². The lowest BCUT2D eigenvalue weighted by molar-refractivity contribution is 0.177. The number of nitrogens with zero attached hydrogens (tertiary/aromatic N) is 1. The van der Waals surface area contributed by atoms with Crippen LogP contribution in [0.2, 0.25) is 12.6 Å². The summed E-state index contributed by atoms with van der Waals surface area (Å²) in [5.74, 6) is 0. The van der Waals surface area contributed by atoms with Crippen LogP contribution >= 0.6 is 0 Å². The fourth-order valence-electron chi connectivity index (χ4n) is 5.00. The highest BCUT2D eigenvalue weighted by molar-refractivity contribution is 6.74. The fraction of sp³-hybridized carbons (Fsp3) is 0.310. The molecule has 3 aromatic rings. The Kier molecular flexibility index (Phi) is 5.60. The minimum Gasteiger partial charge on any atom is -0.310 e. The normalized spacial score (nSPS) is 16.9. The predicted molar refractivity (Wildman–Crippen MR) is 138 cm³/mol. The van der Waals surface area contributed by atoms with E-state index in [9.17, 15) is 0 Å². The fourth-order valence-corrected chi connectivity index (χ4v) is 5.00. The average molecular weight is 407 g/mol. The molecule has 1 aliphatic heterocycles. The first-order valence-corrected chi connectivity index (χ1v) is 11.4. The van der Waals surface area contributed by atoms with Gasteiger partial charge in [-0.25, -0.2) is 0 Å². The lowest BCUT2D eigenvalue weighted by Gasteiger charge is -2.35. The number of aryl methyl sites for hydroxylation is 1. The van der Waals surface area contributed by atoms with E-state index in [1.807, 2.05) is 0 Å². The zero-order valence-electron chi connectivity index (χ0n) is 19.7. The van der Waals surface area contributed by atoms with Gasteiger partial charge in [-0.2, -0.15) is 0 Å². The van der Waals surface area contributed by atoms with Crippen molar-refractivity contribution in [3.05, 3.63) is 96.6 Å². The molecule has 0 radical (unpaired) electrons. The van der Waals surface area contributed by atoms with E-state index < -0.39 is 0 Å². The van der Waals surface area contributed by atoms with Crippen LogP contribution in [0, 0.1) is 17.8 Å². The van der Waals surface area contributed by atoms with Gasteiger partial charge in [0.2, 0.25) is 0 Å². The Bertz CT molecular complexity index is 1050. The van der Waals surface area contributed by atoms with Gasteiger partial charge in [0.05, 0.1) is 0 Å². The van der Waals surface area contributed by atoms with Crippen molar-refractivity contribution in [1.29, 1.82) is 0 Å². The van der Waals surface area contributed by atoms with Crippen LogP contribution in [0.1, 0.15) is 38.8 Å². The largest absolute Gasteiger partial charge is 0.310 e. The van der Waals surface area contributed by atoms with Gasteiger partial charge in [0, 0.05) is 17.1 Å². The van der Waals surface area contributed by atoms with Crippen LogP contribution in [0.15, 0.2) is 85.4 Å². The first-order chi connectivity index (χ1) is 14.7. The van der Waals surface area contributed by atoms with Gasteiger partial charge in [-0.3, -0.25) is 0 Å². The van der Waals surface area contributed by atoms with E-state index >= 15 is 0 Å². The van der Waals surface area contributed by atoms with Gasteiger partial charge in [0.1, 0.15) is 0 Å².